The van der Waals surface area contributed by atoms with Gasteiger partial charge in [0.05, 0.1) is 25.4 Å². The van der Waals surface area contributed by atoms with Gasteiger partial charge in [0.2, 0.25) is 5.91 Å². The molecule has 0 aromatic rings. The standard InChI is InChI=1S/C73H141NO5/c1-3-5-7-9-11-13-15-17-19-21-23-24-27-30-33-37-41-45-49-53-57-61-65-71(76)70(69-75)74-72(77)66-62-58-54-50-46-42-38-34-31-28-25-26-29-32-36-40-44-48-52-56-60-64-68-79-73(78)67-63-59-55-51-47-43-39-35-22-20-18-16-14-12-10-8-6-4-2/h14,16,20,22,70-71,75-76H,3-13,15,17-19,21,23-69H2,1-2H3,(H,74,77)/b16-14-,22-20-. The van der Waals surface area contributed by atoms with Crippen LogP contribution in [0, 0.1) is 0 Å². The van der Waals surface area contributed by atoms with E-state index in [-0.39, 0.29) is 18.5 Å². The van der Waals surface area contributed by atoms with Crippen molar-refractivity contribution in [2.24, 2.45) is 0 Å². The minimum Gasteiger partial charge on any atom is -0.466 e. The van der Waals surface area contributed by atoms with Gasteiger partial charge < -0.3 is 20.3 Å². The Morgan fingerprint density at radius 2 is 0.633 bits per heavy atom. The van der Waals surface area contributed by atoms with E-state index in [0.29, 0.717) is 25.9 Å². The molecule has 0 spiro atoms. The van der Waals surface area contributed by atoms with Crippen LogP contribution in [0.15, 0.2) is 24.3 Å². The van der Waals surface area contributed by atoms with Gasteiger partial charge in [-0.05, 0) is 57.8 Å². The van der Waals surface area contributed by atoms with E-state index in [0.717, 1.165) is 51.4 Å². The summed E-state index contributed by atoms with van der Waals surface area (Å²) in [6.07, 6.45) is 86.5. The third-order valence-corrected chi connectivity index (χ3v) is 17.0. The number of allylic oxidation sites excluding steroid dienone is 4. The largest absolute Gasteiger partial charge is 0.466 e. The molecule has 2 atom stereocenters. The molecule has 0 bridgehead atoms. The number of aliphatic hydroxyl groups is 2. The SMILES string of the molecule is CCCCCC/C=C\C/C=C\CCCCCCCCCC(=O)OCCCCCCCCCCCCCCCCCCCCCCCCC(=O)NC(CO)C(O)CCCCCCCCCCCCCCCCCCCCCCCC. The predicted molar refractivity (Wildman–Crippen MR) is 347 cm³/mol. The van der Waals surface area contributed by atoms with Crippen LogP contribution in [0.4, 0.5) is 0 Å². The highest BCUT2D eigenvalue weighted by molar-refractivity contribution is 5.76. The predicted octanol–water partition coefficient (Wildman–Crippen LogP) is 23.3. The molecule has 2 unspecified atom stereocenters. The third kappa shape index (κ3) is 65.4. The number of aliphatic hydroxyl groups excluding tert-OH is 2. The molecule has 0 radical (unpaired) electrons. The van der Waals surface area contributed by atoms with Crippen molar-refractivity contribution >= 4 is 11.9 Å². The fourth-order valence-electron chi connectivity index (χ4n) is 11.5. The number of ether oxygens (including phenoxy) is 1. The summed E-state index contributed by atoms with van der Waals surface area (Å²) >= 11 is 0. The van der Waals surface area contributed by atoms with Gasteiger partial charge in [-0.25, -0.2) is 0 Å². The van der Waals surface area contributed by atoms with E-state index in [1.165, 1.54) is 321 Å². The number of hydrogen-bond acceptors (Lipinski definition) is 5. The van der Waals surface area contributed by atoms with Crippen molar-refractivity contribution < 1.29 is 24.5 Å². The molecule has 3 N–H and O–H groups in total. The molecular weight excluding hydrogens is 971 g/mol. The highest BCUT2D eigenvalue weighted by Gasteiger charge is 2.20. The van der Waals surface area contributed by atoms with Crippen LogP contribution in [-0.4, -0.2) is 47.4 Å². The first-order valence-electron chi connectivity index (χ1n) is 36.1. The van der Waals surface area contributed by atoms with Gasteiger partial charge in [0.1, 0.15) is 0 Å². The van der Waals surface area contributed by atoms with Gasteiger partial charge in [0.25, 0.3) is 0 Å². The Kier molecular flexibility index (Phi) is 67.4. The molecule has 6 heteroatoms. The zero-order chi connectivity index (χ0) is 57.1. The van der Waals surface area contributed by atoms with Crippen LogP contribution in [0.2, 0.25) is 0 Å². The molecule has 0 aliphatic rings. The van der Waals surface area contributed by atoms with E-state index in [2.05, 4.69) is 43.5 Å². The molecular formula is C73H141NO5. The molecule has 0 saturated carbocycles. The lowest BCUT2D eigenvalue weighted by atomic mass is 10.0. The minimum atomic E-state index is -0.666. The fraction of sp³-hybridized carbons (Fsp3) is 0.918. The third-order valence-electron chi connectivity index (χ3n) is 17.0. The highest BCUT2D eigenvalue weighted by atomic mass is 16.5. The molecule has 0 heterocycles. The van der Waals surface area contributed by atoms with Crippen LogP contribution in [-0.2, 0) is 14.3 Å². The van der Waals surface area contributed by atoms with E-state index in [9.17, 15) is 19.8 Å². The minimum absolute atomic E-state index is 0.00706. The van der Waals surface area contributed by atoms with Gasteiger partial charge in [-0.2, -0.15) is 0 Å². The van der Waals surface area contributed by atoms with E-state index in [1.807, 2.05) is 0 Å². The van der Waals surface area contributed by atoms with Gasteiger partial charge in [-0.3, -0.25) is 9.59 Å². The molecule has 79 heavy (non-hydrogen) atoms. The smallest absolute Gasteiger partial charge is 0.305 e. The molecule has 0 rings (SSSR count). The summed E-state index contributed by atoms with van der Waals surface area (Å²) in [5.74, 6) is -0.0235. The number of carbonyl (C=O) groups is 2. The van der Waals surface area contributed by atoms with E-state index in [4.69, 9.17) is 4.74 Å². The molecule has 0 aromatic carbocycles. The normalized spacial score (nSPS) is 12.6. The molecule has 6 nitrogen and oxygen atoms in total. The first-order chi connectivity index (χ1) is 39.0. The number of hydrogen-bond donors (Lipinski definition) is 3. The van der Waals surface area contributed by atoms with Crippen LogP contribution in [0.3, 0.4) is 0 Å². The Balaban J connectivity index is 3.37. The van der Waals surface area contributed by atoms with Crippen LogP contribution >= 0.6 is 0 Å². The van der Waals surface area contributed by atoms with Crippen molar-refractivity contribution in [3.63, 3.8) is 0 Å². The quantitative estimate of drug-likeness (QED) is 0.0320. The summed E-state index contributed by atoms with van der Waals surface area (Å²) in [7, 11) is 0. The maximum Gasteiger partial charge on any atom is 0.305 e. The summed E-state index contributed by atoms with van der Waals surface area (Å²) in [6.45, 7) is 4.97. The molecule has 0 aliphatic heterocycles. The molecule has 0 saturated heterocycles. The number of nitrogens with one attached hydrogen (secondary N) is 1. The van der Waals surface area contributed by atoms with Crippen LogP contribution in [0.5, 0.6) is 0 Å². The van der Waals surface area contributed by atoms with Crippen LogP contribution in [0.25, 0.3) is 0 Å². The molecule has 1 amide bonds. The van der Waals surface area contributed by atoms with E-state index < -0.39 is 12.1 Å². The second kappa shape index (κ2) is 68.8. The lowest BCUT2D eigenvalue weighted by Crippen LogP contribution is -2.45. The number of esters is 1. The molecule has 0 fully saturated rings. The summed E-state index contributed by atoms with van der Waals surface area (Å²) < 4.78 is 5.50. The molecule has 0 aromatic heterocycles. The van der Waals surface area contributed by atoms with Crippen LogP contribution in [0.1, 0.15) is 406 Å². The maximum atomic E-state index is 12.6. The number of rotatable bonds is 68. The lowest BCUT2D eigenvalue weighted by molar-refractivity contribution is -0.143. The van der Waals surface area contributed by atoms with Gasteiger partial charge in [0, 0.05) is 12.8 Å². The number of amides is 1. The Morgan fingerprint density at radius 1 is 0.354 bits per heavy atom. The Hall–Kier alpha value is -1.66. The summed E-state index contributed by atoms with van der Waals surface area (Å²) in [5.41, 5.74) is 0. The second-order valence-corrected chi connectivity index (χ2v) is 24.9. The van der Waals surface area contributed by atoms with E-state index >= 15 is 0 Å². The van der Waals surface area contributed by atoms with Crippen molar-refractivity contribution in [1.29, 1.82) is 0 Å². The van der Waals surface area contributed by atoms with Crippen molar-refractivity contribution in [1.82, 2.24) is 5.32 Å². The summed E-state index contributed by atoms with van der Waals surface area (Å²) in [4.78, 5) is 24.7. The first kappa shape index (κ1) is 77.3. The van der Waals surface area contributed by atoms with Crippen LogP contribution < -0.4 is 5.32 Å². The Bertz CT molecular complexity index is 1230. The molecule has 468 valence electrons. The van der Waals surface area contributed by atoms with Gasteiger partial charge in [-0.15, -0.1) is 0 Å². The Labute approximate surface area is 494 Å². The monoisotopic (exact) mass is 1110 g/mol. The first-order valence-corrected chi connectivity index (χ1v) is 36.1. The number of carbonyl (C=O) groups excluding carboxylic acids is 2. The van der Waals surface area contributed by atoms with Gasteiger partial charge >= 0.3 is 5.97 Å². The second-order valence-electron chi connectivity index (χ2n) is 24.9. The van der Waals surface area contributed by atoms with Crippen molar-refractivity contribution in [2.75, 3.05) is 13.2 Å². The van der Waals surface area contributed by atoms with E-state index in [1.54, 1.807) is 0 Å². The summed E-state index contributed by atoms with van der Waals surface area (Å²) in [5, 5.41) is 23.4. The highest BCUT2D eigenvalue weighted by Crippen LogP contribution is 2.19. The topological polar surface area (TPSA) is 95.9 Å². The molecule has 0 aliphatic carbocycles. The maximum absolute atomic E-state index is 12.6. The van der Waals surface area contributed by atoms with Crippen molar-refractivity contribution in [3.8, 4) is 0 Å². The zero-order valence-corrected chi connectivity index (χ0v) is 53.6. The van der Waals surface area contributed by atoms with Crippen molar-refractivity contribution in [2.45, 2.75) is 418 Å². The lowest BCUT2D eigenvalue weighted by Gasteiger charge is -2.22. The van der Waals surface area contributed by atoms with Crippen molar-refractivity contribution in [3.05, 3.63) is 24.3 Å². The summed E-state index contributed by atoms with van der Waals surface area (Å²) in [6, 6.07) is -0.543. The number of unbranched alkanes of at least 4 members (excludes halogenated alkanes) is 53. The van der Waals surface area contributed by atoms with Gasteiger partial charge in [0.15, 0.2) is 0 Å². The van der Waals surface area contributed by atoms with Gasteiger partial charge in [-0.1, -0.05) is 359 Å². The fourth-order valence-corrected chi connectivity index (χ4v) is 11.5. The average molecular weight is 1110 g/mol. The average Bonchev–Trinajstić information content (AvgIpc) is 3.45. The zero-order valence-electron chi connectivity index (χ0n) is 53.6. The Morgan fingerprint density at radius 3 is 0.975 bits per heavy atom.